The van der Waals surface area contributed by atoms with Crippen LogP contribution >= 0.6 is 0 Å². The number of benzene rings is 1. The zero-order valence-electron chi connectivity index (χ0n) is 24.2. The Bertz CT molecular complexity index is 1250. The van der Waals surface area contributed by atoms with E-state index in [1.807, 2.05) is 33.3 Å². The molecule has 0 radical (unpaired) electrons. The summed E-state index contributed by atoms with van der Waals surface area (Å²) in [6.07, 6.45) is 11.6. The van der Waals surface area contributed by atoms with Crippen molar-refractivity contribution in [2.75, 3.05) is 13.1 Å². The first-order valence-electron chi connectivity index (χ1n) is 15.2. The van der Waals surface area contributed by atoms with E-state index in [9.17, 15) is 14.7 Å². The molecule has 2 atom stereocenters. The average Bonchev–Trinajstić information content (AvgIpc) is 3.38. The van der Waals surface area contributed by atoms with E-state index in [1.54, 1.807) is 4.90 Å². The second-order valence-electron chi connectivity index (χ2n) is 13.8. The molecule has 3 aliphatic carbocycles. The van der Waals surface area contributed by atoms with E-state index in [0.717, 1.165) is 63.5 Å². The number of piperidine rings is 1. The van der Waals surface area contributed by atoms with Crippen LogP contribution in [0.15, 0.2) is 36.8 Å². The number of aliphatic hydroxyl groups excluding tert-OH is 1. The van der Waals surface area contributed by atoms with E-state index < -0.39 is 11.7 Å². The van der Waals surface area contributed by atoms with Crippen molar-refractivity contribution < 1.29 is 19.4 Å². The first-order chi connectivity index (χ1) is 19.1. The van der Waals surface area contributed by atoms with Crippen LogP contribution in [0.3, 0.4) is 0 Å². The highest BCUT2D eigenvalue weighted by Crippen LogP contribution is 2.57. The van der Waals surface area contributed by atoms with Crippen molar-refractivity contribution >= 4 is 12.0 Å². The van der Waals surface area contributed by atoms with Gasteiger partial charge in [-0.05, 0) is 89.5 Å². The van der Waals surface area contributed by atoms with Crippen LogP contribution in [0.5, 0.6) is 0 Å². The summed E-state index contributed by atoms with van der Waals surface area (Å²) in [7, 11) is 0. The maximum atomic E-state index is 13.7. The summed E-state index contributed by atoms with van der Waals surface area (Å²) in [5.74, 6) is 0.181. The molecular formula is C32H44N4O4. The number of likely N-dealkylation sites (tertiary alicyclic amines) is 1. The quantitative estimate of drug-likeness (QED) is 0.518. The number of rotatable bonds is 5. The molecule has 1 aromatic heterocycles. The van der Waals surface area contributed by atoms with Gasteiger partial charge in [-0.3, -0.25) is 4.79 Å². The lowest BCUT2D eigenvalue weighted by Crippen LogP contribution is -2.52. The molecule has 2 aliphatic heterocycles. The highest BCUT2D eigenvalue weighted by molar-refractivity contribution is 5.83. The molecule has 2 N–H and O–H groups in total. The highest BCUT2D eigenvalue weighted by Gasteiger charge is 2.53. The molecule has 5 aliphatic rings. The Hall–Kier alpha value is -2.87. The van der Waals surface area contributed by atoms with Gasteiger partial charge in [0.1, 0.15) is 5.60 Å². The SMILES string of the molecule is CC(C)(C)OC(=O)N1CCC(NC(=O)C23CCCC(C(O)CC4c5ccccc5-c5cncn54)(CC2)CC3)CC1. The zero-order valence-corrected chi connectivity index (χ0v) is 24.2. The van der Waals surface area contributed by atoms with Gasteiger partial charge in [-0.2, -0.15) is 0 Å². The van der Waals surface area contributed by atoms with Crippen LogP contribution in [0.4, 0.5) is 4.79 Å². The predicted molar refractivity (Wildman–Crippen MR) is 153 cm³/mol. The molecule has 40 heavy (non-hydrogen) atoms. The summed E-state index contributed by atoms with van der Waals surface area (Å²) in [4.78, 5) is 32.3. The van der Waals surface area contributed by atoms with E-state index in [2.05, 4.69) is 39.1 Å². The minimum atomic E-state index is -0.505. The third-order valence-corrected chi connectivity index (χ3v) is 10.2. The molecule has 1 saturated heterocycles. The van der Waals surface area contributed by atoms with Crippen molar-refractivity contribution in [1.82, 2.24) is 19.8 Å². The Balaban J connectivity index is 1.06. The van der Waals surface area contributed by atoms with Gasteiger partial charge in [-0.25, -0.2) is 9.78 Å². The fraction of sp³-hybridized carbons (Fsp3) is 0.656. The van der Waals surface area contributed by atoms with Crippen molar-refractivity contribution in [3.63, 3.8) is 0 Å². The smallest absolute Gasteiger partial charge is 0.410 e. The number of carbonyl (C=O) groups is 2. The zero-order chi connectivity index (χ0) is 28.1. The topological polar surface area (TPSA) is 96.7 Å². The van der Waals surface area contributed by atoms with E-state index in [-0.39, 0.29) is 34.9 Å². The van der Waals surface area contributed by atoms with Crippen LogP contribution in [0.2, 0.25) is 0 Å². The summed E-state index contributed by atoms with van der Waals surface area (Å²) in [5.41, 5.74) is 2.64. The molecule has 0 spiro atoms. The molecule has 8 nitrogen and oxygen atoms in total. The number of hydrogen-bond donors (Lipinski definition) is 2. The van der Waals surface area contributed by atoms with Crippen LogP contribution < -0.4 is 5.32 Å². The van der Waals surface area contributed by atoms with E-state index in [0.29, 0.717) is 19.5 Å². The summed E-state index contributed by atoms with van der Waals surface area (Å²) in [6.45, 7) is 6.84. The monoisotopic (exact) mass is 548 g/mol. The summed E-state index contributed by atoms with van der Waals surface area (Å²) >= 11 is 0. The average molecular weight is 549 g/mol. The number of carbonyl (C=O) groups excluding carboxylic acids is 2. The summed E-state index contributed by atoms with van der Waals surface area (Å²) in [5, 5.41) is 15.1. The van der Waals surface area contributed by atoms with Gasteiger partial charge in [0, 0.05) is 30.1 Å². The van der Waals surface area contributed by atoms with Crippen molar-refractivity contribution in [2.45, 2.75) is 109 Å². The minimum absolute atomic E-state index is 0.0906. The van der Waals surface area contributed by atoms with Gasteiger partial charge in [0.15, 0.2) is 0 Å². The first kappa shape index (κ1) is 27.3. The molecule has 1 aromatic carbocycles. The van der Waals surface area contributed by atoms with Crippen molar-refractivity contribution in [3.05, 3.63) is 42.4 Å². The van der Waals surface area contributed by atoms with E-state index in [4.69, 9.17) is 4.74 Å². The number of nitrogens with one attached hydrogen (secondary N) is 1. The van der Waals surface area contributed by atoms with E-state index >= 15 is 0 Å². The van der Waals surface area contributed by atoms with Gasteiger partial charge in [0.05, 0.1) is 30.4 Å². The lowest BCUT2D eigenvalue weighted by molar-refractivity contribution is -0.136. The minimum Gasteiger partial charge on any atom is -0.444 e. The Kier molecular flexibility index (Phi) is 6.96. The number of aliphatic hydroxyl groups is 1. The normalized spacial score (nSPS) is 28.9. The maximum Gasteiger partial charge on any atom is 0.410 e. The molecular weight excluding hydrogens is 504 g/mol. The molecule has 3 saturated carbocycles. The van der Waals surface area contributed by atoms with Crippen LogP contribution in [-0.4, -0.2) is 62.4 Å². The standard InChI is InChI=1S/C32H44N4O4/c1-30(2,3)40-29(39)35-17-9-22(10-18-35)34-28(38)32-12-6-11-31(13-15-32,14-16-32)27(37)19-25-23-7-4-5-8-24(23)26-20-33-21-36(25)26/h4-5,7-8,20-22,25,27,37H,6,9-19H2,1-3H3,(H,34,38). The number of amides is 2. The fourth-order valence-corrected chi connectivity index (χ4v) is 7.85. The molecule has 2 amide bonds. The van der Waals surface area contributed by atoms with Crippen molar-refractivity contribution in [1.29, 1.82) is 0 Å². The van der Waals surface area contributed by atoms with Gasteiger partial charge < -0.3 is 24.6 Å². The molecule has 216 valence electrons. The fourth-order valence-electron chi connectivity index (χ4n) is 7.85. The lowest BCUT2D eigenvalue weighted by Gasteiger charge is -2.45. The van der Waals surface area contributed by atoms with Gasteiger partial charge in [0.25, 0.3) is 0 Å². The molecule has 2 aromatic rings. The van der Waals surface area contributed by atoms with Crippen LogP contribution in [0.1, 0.15) is 96.6 Å². The van der Waals surface area contributed by atoms with Gasteiger partial charge in [0.2, 0.25) is 5.91 Å². The largest absolute Gasteiger partial charge is 0.444 e. The Morgan fingerprint density at radius 3 is 2.55 bits per heavy atom. The second-order valence-corrected chi connectivity index (χ2v) is 13.8. The Morgan fingerprint density at radius 1 is 1.10 bits per heavy atom. The molecule has 2 unspecified atom stereocenters. The number of fused-ring (bicyclic) bond motifs is 7. The van der Waals surface area contributed by atoms with Crippen LogP contribution in [0.25, 0.3) is 11.3 Å². The summed E-state index contributed by atoms with van der Waals surface area (Å²) < 4.78 is 7.74. The maximum absolute atomic E-state index is 13.7. The third-order valence-electron chi connectivity index (χ3n) is 10.2. The van der Waals surface area contributed by atoms with Gasteiger partial charge >= 0.3 is 6.09 Å². The van der Waals surface area contributed by atoms with Gasteiger partial charge in [-0.15, -0.1) is 0 Å². The van der Waals surface area contributed by atoms with Crippen LogP contribution in [-0.2, 0) is 9.53 Å². The number of nitrogens with zero attached hydrogens (tertiary/aromatic N) is 3. The Labute approximate surface area is 237 Å². The summed E-state index contributed by atoms with van der Waals surface area (Å²) in [6, 6.07) is 8.66. The molecule has 2 bridgehead atoms. The molecule has 8 heteroatoms. The molecule has 7 rings (SSSR count). The third kappa shape index (κ3) is 4.93. The van der Waals surface area contributed by atoms with Crippen molar-refractivity contribution in [3.8, 4) is 11.3 Å². The number of ether oxygens (including phenoxy) is 1. The van der Waals surface area contributed by atoms with Crippen LogP contribution in [0, 0.1) is 10.8 Å². The first-order valence-corrected chi connectivity index (χ1v) is 15.2. The number of imidazole rings is 1. The number of hydrogen-bond acceptors (Lipinski definition) is 5. The second kappa shape index (κ2) is 10.2. The highest BCUT2D eigenvalue weighted by atomic mass is 16.6. The number of aromatic nitrogens is 2. The Morgan fingerprint density at radius 2 is 1.82 bits per heavy atom. The van der Waals surface area contributed by atoms with E-state index in [1.165, 1.54) is 11.1 Å². The van der Waals surface area contributed by atoms with Gasteiger partial charge in [-0.1, -0.05) is 30.7 Å². The molecule has 4 fully saturated rings. The lowest BCUT2D eigenvalue weighted by atomic mass is 9.62. The molecule has 3 heterocycles. The predicted octanol–water partition coefficient (Wildman–Crippen LogP) is 5.45. The van der Waals surface area contributed by atoms with Crippen molar-refractivity contribution in [2.24, 2.45) is 10.8 Å².